The minimum atomic E-state index is -0.784. The highest BCUT2D eigenvalue weighted by atomic mass is 16.5. The van der Waals surface area contributed by atoms with Crippen molar-refractivity contribution in [1.29, 1.82) is 0 Å². The molecule has 1 saturated heterocycles. The fraction of sp³-hybridized carbons (Fsp3) is 0.297. The Morgan fingerprint density at radius 3 is 2.48 bits per heavy atom. The number of hydrogen-bond acceptors (Lipinski definition) is 5. The van der Waals surface area contributed by atoms with Crippen molar-refractivity contribution in [2.24, 2.45) is 0 Å². The average molecular weight is 619 g/mol. The van der Waals surface area contributed by atoms with Crippen molar-refractivity contribution in [2.75, 3.05) is 20.2 Å². The quantitative estimate of drug-likeness (QED) is 0.357. The first-order valence-electron chi connectivity index (χ1n) is 15.7. The van der Waals surface area contributed by atoms with E-state index in [4.69, 9.17) is 4.74 Å². The largest absolute Gasteiger partial charge is 0.491 e. The van der Waals surface area contributed by atoms with Crippen molar-refractivity contribution in [1.82, 2.24) is 20.4 Å². The molecule has 0 unspecified atom stereocenters. The zero-order valence-corrected chi connectivity index (χ0v) is 26.0. The molecule has 46 heavy (non-hydrogen) atoms. The second-order valence-corrected chi connectivity index (χ2v) is 12.2. The van der Waals surface area contributed by atoms with Crippen LogP contribution in [0.2, 0.25) is 0 Å². The predicted molar refractivity (Wildman–Crippen MR) is 176 cm³/mol. The second kappa shape index (κ2) is 13.4. The molecular formula is C37H38N4O5. The Kier molecular flexibility index (Phi) is 9.01. The predicted octanol–water partition coefficient (Wildman–Crippen LogP) is 4.21. The van der Waals surface area contributed by atoms with Crippen molar-refractivity contribution in [2.45, 2.75) is 50.4 Å². The number of nitrogens with one attached hydrogen (secondary N) is 2. The summed E-state index contributed by atoms with van der Waals surface area (Å²) >= 11 is 0. The third-order valence-electron chi connectivity index (χ3n) is 8.97. The van der Waals surface area contributed by atoms with Gasteiger partial charge in [-0.2, -0.15) is 0 Å². The molecule has 4 aromatic rings. The smallest absolute Gasteiger partial charge is 0.254 e. The maximum Gasteiger partial charge on any atom is 0.254 e. The van der Waals surface area contributed by atoms with E-state index in [2.05, 4.69) is 16.7 Å². The van der Waals surface area contributed by atoms with Gasteiger partial charge in [-0.15, -0.1) is 0 Å². The van der Waals surface area contributed by atoms with E-state index >= 15 is 0 Å². The minimum absolute atomic E-state index is 0.0482. The molecule has 2 heterocycles. The van der Waals surface area contributed by atoms with Crippen molar-refractivity contribution < 1.29 is 23.9 Å². The van der Waals surface area contributed by atoms with E-state index in [1.807, 2.05) is 54.6 Å². The van der Waals surface area contributed by atoms with E-state index < -0.39 is 12.1 Å². The third-order valence-corrected chi connectivity index (χ3v) is 8.97. The average Bonchev–Trinajstić information content (AvgIpc) is 3.48. The molecule has 9 heteroatoms. The van der Waals surface area contributed by atoms with Crippen LogP contribution in [0, 0.1) is 0 Å². The van der Waals surface area contributed by atoms with E-state index in [9.17, 15) is 19.2 Å². The van der Waals surface area contributed by atoms with Gasteiger partial charge in [0.2, 0.25) is 11.8 Å². The number of ether oxygens (including phenoxy) is 1. The van der Waals surface area contributed by atoms with Crippen molar-refractivity contribution in [3.63, 3.8) is 0 Å². The number of fused-ring (bicyclic) bond motifs is 4. The van der Waals surface area contributed by atoms with Crippen molar-refractivity contribution >= 4 is 34.4 Å². The molecule has 0 aliphatic carbocycles. The summed E-state index contributed by atoms with van der Waals surface area (Å²) in [5.74, 6) is -0.507. The van der Waals surface area contributed by atoms with Gasteiger partial charge >= 0.3 is 0 Å². The molecule has 0 aromatic heterocycles. The maximum atomic E-state index is 14.1. The van der Waals surface area contributed by atoms with Gasteiger partial charge in [0.05, 0.1) is 6.04 Å². The van der Waals surface area contributed by atoms with Gasteiger partial charge in [0, 0.05) is 43.2 Å². The van der Waals surface area contributed by atoms with Gasteiger partial charge in [0.25, 0.3) is 11.8 Å². The zero-order valence-electron chi connectivity index (χ0n) is 26.0. The molecule has 4 amide bonds. The van der Waals surface area contributed by atoms with Crippen LogP contribution >= 0.6 is 0 Å². The first kappa shape index (κ1) is 30.8. The fourth-order valence-corrected chi connectivity index (χ4v) is 6.28. The van der Waals surface area contributed by atoms with E-state index in [0.717, 1.165) is 16.3 Å². The van der Waals surface area contributed by atoms with Gasteiger partial charge in [0.1, 0.15) is 18.4 Å². The van der Waals surface area contributed by atoms with Gasteiger partial charge in [-0.1, -0.05) is 66.7 Å². The maximum absolute atomic E-state index is 14.1. The van der Waals surface area contributed by atoms with Crippen LogP contribution in [0.1, 0.15) is 46.0 Å². The summed E-state index contributed by atoms with van der Waals surface area (Å²) in [5.41, 5.74) is 1.93. The molecule has 2 aliphatic rings. The second-order valence-electron chi connectivity index (χ2n) is 12.2. The number of hydrogen-bond donors (Lipinski definition) is 2. The number of likely N-dealkylation sites (N-methyl/N-ethyl adjacent to an activating group) is 1. The Hall–Kier alpha value is -5.18. The summed E-state index contributed by atoms with van der Waals surface area (Å²) in [6, 6.07) is 28.1. The Bertz CT molecular complexity index is 1760. The molecule has 2 N–H and O–H groups in total. The number of carbonyl (C=O) groups is 4. The van der Waals surface area contributed by atoms with Crippen LogP contribution in [0.3, 0.4) is 0 Å². The summed E-state index contributed by atoms with van der Waals surface area (Å²) in [6.45, 7) is 2.19. The molecule has 0 radical (unpaired) electrons. The van der Waals surface area contributed by atoms with Crippen molar-refractivity contribution in [3.8, 4) is 5.75 Å². The Labute approximate surface area is 268 Å². The molecule has 2 aliphatic heterocycles. The summed E-state index contributed by atoms with van der Waals surface area (Å²) in [6.07, 6.45) is 0.980. The first-order chi connectivity index (χ1) is 22.2. The lowest BCUT2D eigenvalue weighted by Crippen LogP contribution is -2.51. The highest BCUT2D eigenvalue weighted by Crippen LogP contribution is 2.24. The molecule has 4 atom stereocenters. The Balaban J connectivity index is 1.29. The van der Waals surface area contributed by atoms with Crippen LogP contribution in [0.5, 0.6) is 5.75 Å². The monoisotopic (exact) mass is 618 g/mol. The molecular weight excluding hydrogens is 580 g/mol. The molecule has 6 rings (SSSR count). The Morgan fingerprint density at radius 1 is 0.913 bits per heavy atom. The van der Waals surface area contributed by atoms with Crippen molar-refractivity contribution in [3.05, 3.63) is 114 Å². The normalized spacial score (nSPS) is 22.3. The van der Waals surface area contributed by atoms with Crippen LogP contribution in [0.15, 0.2) is 97.1 Å². The van der Waals surface area contributed by atoms with E-state index in [1.165, 1.54) is 4.90 Å². The first-order valence-corrected chi connectivity index (χ1v) is 15.7. The fourth-order valence-electron chi connectivity index (χ4n) is 6.28. The molecule has 2 bridgehead atoms. The molecule has 9 nitrogen and oxygen atoms in total. The number of amides is 4. The molecule has 0 spiro atoms. The summed E-state index contributed by atoms with van der Waals surface area (Å²) < 4.78 is 6.16. The number of rotatable bonds is 4. The van der Waals surface area contributed by atoms with E-state index in [1.54, 1.807) is 55.3 Å². The molecule has 236 valence electrons. The number of carbonyl (C=O) groups excluding carboxylic acids is 4. The highest BCUT2D eigenvalue weighted by Gasteiger charge is 2.38. The topological polar surface area (TPSA) is 108 Å². The highest BCUT2D eigenvalue weighted by molar-refractivity contribution is 5.98. The zero-order chi connectivity index (χ0) is 32.2. The van der Waals surface area contributed by atoms with Gasteiger partial charge in [-0.3, -0.25) is 19.2 Å². The van der Waals surface area contributed by atoms with Crippen LogP contribution in [-0.2, 0) is 16.0 Å². The van der Waals surface area contributed by atoms with Gasteiger partial charge in [-0.05, 0) is 66.4 Å². The summed E-state index contributed by atoms with van der Waals surface area (Å²) in [7, 11) is 1.60. The molecule has 1 fully saturated rings. The van der Waals surface area contributed by atoms with E-state index in [0.29, 0.717) is 36.3 Å². The molecule has 4 aromatic carbocycles. The van der Waals surface area contributed by atoms with Gasteiger partial charge in [0.15, 0.2) is 0 Å². The van der Waals surface area contributed by atoms with Crippen LogP contribution in [0.25, 0.3) is 10.8 Å². The minimum Gasteiger partial charge on any atom is -0.491 e. The number of nitrogens with zero attached hydrogens (tertiary/aromatic N) is 2. The summed E-state index contributed by atoms with van der Waals surface area (Å²) in [5, 5.41) is 8.35. The lowest BCUT2D eigenvalue weighted by Gasteiger charge is -2.29. The summed E-state index contributed by atoms with van der Waals surface area (Å²) in [4.78, 5) is 57.2. The lowest BCUT2D eigenvalue weighted by atomic mass is 9.99. The SMILES string of the molecule is C[C@H]1C(=O)N[C@@H](Cc2ccc3ccccc3c2)CC(=O)N2C[C@H](NC(=O)c3ccccc3)C[C@H]2COc2cccc(c2)C(=O)N1C. The molecule has 0 saturated carbocycles. The van der Waals surface area contributed by atoms with Gasteiger partial charge in [-0.25, -0.2) is 0 Å². The van der Waals surface area contributed by atoms with Crippen LogP contribution < -0.4 is 15.4 Å². The number of benzene rings is 4. The van der Waals surface area contributed by atoms with Gasteiger partial charge < -0.3 is 25.2 Å². The third kappa shape index (κ3) is 6.88. The standard InChI is InChI=1S/C37H38N4O5/c1-24-35(43)38-30(18-25-15-16-26-9-6-7-12-28(26)17-25)21-34(42)41-22-31(39-36(44)27-10-4-3-5-11-27)20-32(41)23-46-33-14-8-13-29(19-33)37(45)40(24)2/h3-17,19,24,30-32H,18,20-23H2,1-2H3,(H,38,43)(H,39,44)/t24-,30-,31+,32-/m0/s1. The van der Waals surface area contributed by atoms with E-state index in [-0.39, 0.29) is 48.7 Å². The Morgan fingerprint density at radius 2 is 1.67 bits per heavy atom. The van der Waals surface area contributed by atoms with Crippen LogP contribution in [-0.4, -0.2) is 77.8 Å². The lowest BCUT2D eigenvalue weighted by molar-refractivity contribution is -0.133. The van der Waals surface area contributed by atoms with Crippen LogP contribution in [0.4, 0.5) is 0 Å².